The molecule has 14 heavy (non-hydrogen) atoms. The van der Waals surface area contributed by atoms with Crippen molar-refractivity contribution in [1.82, 2.24) is 4.98 Å². The van der Waals surface area contributed by atoms with Crippen molar-refractivity contribution in [1.29, 1.82) is 0 Å². The van der Waals surface area contributed by atoms with Crippen LogP contribution in [-0.2, 0) is 4.74 Å². The summed E-state index contributed by atoms with van der Waals surface area (Å²) < 4.78 is 5.23. The second-order valence-corrected chi connectivity index (χ2v) is 3.34. The zero-order valence-electron chi connectivity index (χ0n) is 7.64. The van der Waals surface area contributed by atoms with Gasteiger partial charge in [0, 0.05) is 24.4 Å². The number of hydrogen-bond acceptors (Lipinski definition) is 3. The Kier molecular flexibility index (Phi) is 2.45. The lowest BCUT2D eigenvalue weighted by atomic mass is 10.0. The summed E-state index contributed by atoms with van der Waals surface area (Å²) in [5.74, 6) is -0.607. The van der Waals surface area contributed by atoms with Gasteiger partial charge in [0.25, 0.3) is 0 Å². The predicted molar refractivity (Wildman–Crippen MR) is 49.4 cm³/mol. The minimum absolute atomic E-state index is 0.229. The van der Waals surface area contributed by atoms with Gasteiger partial charge in [0.1, 0.15) is 0 Å². The number of rotatable bonds is 2. The van der Waals surface area contributed by atoms with Crippen LogP contribution in [0.4, 0.5) is 0 Å². The Morgan fingerprint density at radius 2 is 2.43 bits per heavy atom. The summed E-state index contributed by atoms with van der Waals surface area (Å²) in [6.07, 6.45) is 2.37. The molecule has 0 aromatic carbocycles. The van der Waals surface area contributed by atoms with Crippen LogP contribution in [0.3, 0.4) is 0 Å². The maximum absolute atomic E-state index is 10.6. The number of hydrogen-bond donors (Lipinski definition) is 1. The van der Waals surface area contributed by atoms with Gasteiger partial charge >= 0.3 is 5.97 Å². The van der Waals surface area contributed by atoms with Crippen molar-refractivity contribution < 1.29 is 14.6 Å². The van der Waals surface area contributed by atoms with E-state index in [0.29, 0.717) is 12.5 Å². The summed E-state index contributed by atoms with van der Waals surface area (Å²) in [5, 5.41) is 8.68. The van der Waals surface area contributed by atoms with Crippen LogP contribution in [0.1, 0.15) is 28.4 Å². The van der Waals surface area contributed by atoms with Gasteiger partial charge in [-0.15, -0.1) is 0 Å². The predicted octanol–water partition coefficient (Wildman–Crippen LogP) is 1.28. The number of carboxylic acid groups (broad SMARTS) is 1. The van der Waals surface area contributed by atoms with E-state index in [1.165, 1.54) is 6.20 Å². The Labute approximate surface area is 81.5 Å². The lowest BCUT2D eigenvalue weighted by Gasteiger charge is -2.05. The summed E-state index contributed by atoms with van der Waals surface area (Å²) in [6.45, 7) is 1.46. The SMILES string of the molecule is O=C(O)c1ccc(C2CCOC2)nc1. The third-order valence-corrected chi connectivity index (χ3v) is 2.38. The van der Waals surface area contributed by atoms with E-state index in [1.54, 1.807) is 12.1 Å². The minimum atomic E-state index is -0.938. The van der Waals surface area contributed by atoms with Gasteiger partial charge in [-0.3, -0.25) is 4.98 Å². The van der Waals surface area contributed by atoms with Crippen LogP contribution in [0.15, 0.2) is 18.3 Å². The van der Waals surface area contributed by atoms with Crippen molar-refractivity contribution in [3.63, 3.8) is 0 Å². The Balaban J connectivity index is 2.16. The van der Waals surface area contributed by atoms with Crippen LogP contribution in [0.25, 0.3) is 0 Å². The first-order valence-electron chi connectivity index (χ1n) is 4.54. The standard InChI is InChI=1S/C10H11NO3/c12-10(13)7-1-2-9(11-5-7)8-3-4-14-6-8/h1-2,5,8H,3-4,6H2,(H,12,13). The molecule has 1 saturated heterocycles. The number of aromatic nitrogens is 1. The molecule has 2 heterocycles. The molecule has 4 heteroatoms. The molecular weight excluding hydrogens is 182 g/mol. The lowest BCUT2D eigenvalue weighted by molar-refractivity contribution is 0.0696. The third-order valence-electron chi connectivity index (χ3n) is 2.38. The van der Waals surface area contributed by atoms with Gasteiger partial charge < -0.3 is 9.84 Å². The van der Waals surface area contributed by atoms with Crippen molar-refractivity contribution in [2.75, 3.05) is 13.2 Å². The van der Waals surface area contributed by atoms with Crippen LogP contribution >= 0.6 is 0 Å². The Bertz CT molecular complexity index is 328. The summed E-state index contributed by atoms with van der Waals surface area (Å²) >= 11 is 0. The molecule has 1 aliphatic heterocycles. The fraction of sp³-hybridized carbons (Fsp3) is 0.400. The first-order chi connectivity index (χ1) is 6.77. The lowest BCUT2D eigenvalue weighted by Crippen LogP contribution is -2.03. The summed E-state index contributed by atoms with van der Waals surface area (Å²) in [6, 6.07) is 3.35. The molecule has 0 radical (unpaired) electrons. The zero-order chi connectivity index (χ0) is 9.97. The smallest absolute Gasteiger partial charge is 0.337 e. The molecule has 1 N–H and O–H groups in total. The van der Waals surface area contributed by atoms with E-state index in [-0.39, 0.29) is 5.56 Å². The Hall–Kier alpha value is -1.42. The molecular formula is C10H11NO3. The number of carbonyl (C=O) groups is 1. The van der Waals surface area contributed by atoms with Gasteiger partial charge in [-0.2, -0.15) is 0 Å². The molecule has 1 aromatic rings. The van der Waals surface area contributed by atoms with Gasteiger partial charge in [0.2, 0.25) is 0 Å². The molecule has 74 valence electrons. The number of carboxylic acids is 1. The second kappa shape index (κ2) is 3.75. The van der Waals surface area contributed by atoms with E-state index < -0.39 is 5.97 Å². The van der Waals surface area contributed by atoms with Crippen LogP contribution < -0.4 is 0 Å². The van der Waals surface area contributed by atoms with Crippen LogP contribution in [0, 0.1) is 0 Å². The van der Waals surface area contributed by atoms with Crippen molar-refractivity contribution in [3.8, 4) is 0 Å². The molecule has 2 rings (SSSR count). The fourth-order valence-electron chi connectivity index (χ4n) is 1.54. The molecule has 1 aliphatic rings. The maximum Gasteiger partial charge on any atom is 0.337 e. The molecule has 1 atom stereocenters. The van der Waals surface area contributed by atoms with Gasteiger partial charge in [0.05, 0.1) is 12.2 Å². The average Bonchev–Trinajstić information content (AvgIpc) is 2.71. The number of ether oxygens (including phenoxy) is 1. The highest BCUT2D eigenvalue weighted by Gasteiger charge is 2.18. The quantitative estimate of drug-likeness (QED) is 0.768. The molecule has 0 spiro atoms. The molecule has 1 fully saturated rings. The molecule has 0 aliphatic carbocycles. The van der Waals surface area contributed by atoms with Crippen molar-refractivity contribution in [2.45, 2.75) is 12.3 Å². The number of nitrogens with zero attached hydrogens (tertiary/aromatic N) is 1. The van der Waals surface area contributed by atoms with Gasteiger partial charge in [-0.1, -0.05) is 0 Å². The number of pyridine rings is 1. The van der Waals surface area contributed by atoms with E-state index in [0.717, 1.165) is 18.7 Å². The molecule has 0 saturated carbocycles. The topological polar surface area (TPSA) is 59.4 Å². The fourth-order valence-corrected chi connectivity index (χ4v) is 1.54. The molecule has 4 nitrogen and oxygen atoms in total. The molecule has 0 bridgehead atoms. The van der Waals surface area contributed by atoms with E-state index in [2.05, 4.69) is 4.98 Å². The summed E-state index contributed by atoms with van der Waals surface area (Å²) in [7, 11) is 0. The van der Waals surface area contributed by atoms with Gasteiger partial charge in [0.15, 0.2) is 0 Å². The second-order valence-electron chi connectivity index (χ2n) is 3.34. The Morgan fingerprint density at radius 1 is 1.57 bits per heavy atom. The highest BCUT2D eigenvalue weighted by molar-refractivity contribution is 5.87. The molecule has 1 aromatic heterocycles. The van der Waals surface area contributed by atoms with Crippen LogP contribution in [-0.4, -0.2) is 29.3 Å². The van der Waals surface area contributed by atoms with Crippen molar-refractivity contribution in [2.24, 2.45) is 0 Å². The third kappa shape index (κ3) is 1.75. The molecule has 1 unspecified atom stereocenters. The number of aromatic carboxylic acids is 1. The first-order valence-corrected chi connectivity index (χ1v) is 4.54. The highest BCUT2D eigenvalue weighted by Crippen LogP contribution is 2.23. The van der Waals surface area contributed by atoms with Gasteiger partial charge in [-0.05, 0) is 18.6 Å². The van der Waals surface area contributed by atoms with E-state index in [9.17, 15) is 4.79 Å². The Morgan fingerprint density at radius 3 is 2.93 bits per heavy atom. The van der Waals surface area contributed by atoms with E-state index in [4.69, 9.17) is 9.84 Å². The minimum Gasteiger partial charge on any atom is -0.478 e. The van der Waals surface area contributed by atoms with E-state index >= 15 is 0 Å². The first kappa shape index (κ1) is 9.15. The largest absolute Gasteiger partial charge is 0.478 e. The zero-order valence-corrected chi connectivity index (χ0v) is 7.64. The highest BCUT2D eigenvalue weighted by atomic mass is 16.5. The van der Waals surface area contributed by atoms with Crippen molar-refractivity contribution in [3.05, 3.63) is 29.6 Å². The average molecular weight is 193 g/mol. The summed E-state index contributed by atoms with van der Waals surface area (Å²) in [5.41, 5.74) is 1.15. The van der Waals surface area contributed by atoms with Gasteiger partial charge in [-0.25, -0.2) is 4.79 Å². The maximum atomic E-state index is 10.6. The van der Waals surface area contributed by atoms with Crippen LogP contribution in [0.2, 0.25) is 0 Å². The van der Waals surface area contributed by atoms with Crippen molar-refractivity contribution >= 4 is 5.97 Å². The summed E-state index contributed by atoms with van der Waals surface area (Å²) in [4.78, 5) is 14.7. The monoisotopic (exact) mass is 193 g/mol. The van der Waals surface area contributed by atoms with Crippen LogP contribution in [0.5, 0.6) is 0 Å². The molecule has 0 amide bonds. The van der Waals surface area contributed by atoms with E-state index in [1.807, 2.05) is 0 Å². The normalized spacial score (nSPS) is 21.0.